The first-order valence-corrected chi connectivity index (χ1v) is 8.58. The van der Waals surface area contributed by atoms with E-state index in [4.69, 9.17) is 16.2 Å². The molecule has 0 atom stereocenters. The maximum atomic E-state index is 5.94. The molecule has 0 heterocycles. The van der Waals surface area contributed by atoms with Gasteiger partial charge in [0.15, 0.2) is 0 Å². The van der Waals surface area contributed by atoms with Gasteiger partial charge in [-0.25, -0.2) is 0 Å². The highest BCUT2D eigenvalue weighted by atomic mass is 16.5. The molecule has 4 N–H and O–H groups in total. The van der Waals surface area contributed by atoms with Crippen LogP contribution in [0, 0.1) is 5.92 Å². The molecule has 0 saturated heterocycles. The van der Waals surface area contributed by atoms with Crippen LogP contribution < -0.4 is 16.2 Å². The maximum absolute atomic E-state index is 5.94. The largest absolute Gasteiger partial charge is 0.455 e. The van der Waals surface area contributed by atoms with E-state index in [1.165, 1.54) is 37.7 Å². The van der Waals surface area contributed by atoms with Crippen LogP contribution in [0.2, 0.25) is 0 Å². The Morgan fingerprint density at radius 1 is 0.957 bits per heavy atom. The Bertz CT molecular complexity index is 643. The van der Waals surface area contributed by atoms with E-state index in [-0.39, 0.29) is 0 Å². The van der Waals surface area contributed by atoms with Crippen LogP contribution in [0.4, 0.5) is 11.4 Å². The molecule has 1 aliphatic carbocycles. The average molecular weight is 310 g/mol. The lowest BCUT2D eigenvalue weighted by molar-refractivity contribution is 0.318. The normalized spacial score (nSPS) is 21.1. The van der Waals surface area contributed by atoms with Gasteiger partial charge in [0.05, 0.1) is 5.69 Å². The van der Waals surface area contributed by atoms with Crippen molar-refractivity contribution in [2.24, 2.45) is 5.92 Å². The van der Waals surface area contributed by atoms with Crippen LogP contribution in [0.3, 0.4) is 0 Å². The Labute approximate surface area is 138 Å². The number of nitrogen functional groups attached to an aromatic ring is 2. The summed E-state index contributed by atoms with van der Waals surface area (Å²) < 4.78 is 5.86. The molecule has 0 spiro atoms. The molecule has 2 aromatic carbocycles. The summed E-state index contributed by atoms with van der Waals surface area (Å²) in [6, 6.07) is 13.8. The highest BCUT2D eigenvalue weighted by Gasteiger charge is 2.21. The second kappa shape index (κ2) is 6.95. The highest BCUT2D eigenvalue weighted by Crippen LogP contribution is 2.38. The van der Waals surface area contributed by atoms with Gasteiger partial charge in [-0.1, -0.05) is 25.5 Å². The van der Waals surface area contributed by atoms with Crippen LogP contribution in [0.1, 0.15) is 50.5 Å². The molecule has 3 heteroatoms. The Kier molecular flexibility index (Phi) is 4.75. The van der Waals surface area contributed by atoms with Crippen molar-refractivity contribution in [3.8, 4) is 11.5 Å². The van der Waals surface area contributed by atoms with Crippen molar-refractivity contribution in [3.05, 3.63) is 48.0 Å². The molecule has 0 bridgehead atoms. The fourth-order valence-corrected chi connectivity index (χ4v) is 3.50. The van der Waals surface area contributed by atoms with Gasteiger partial charge in [-0.15, -0.1) is 0 Å². The number of anilines is 2. The summed E-state index contributed by atoms with van der Waals surface area (Å²) in [5.41, 5.74) is 14.3. The summed E-state index contributed by atoms with van der Waals surface area (Å²) in [5.74, 6) is 3.10. The van der Waals surface area contributed by atoms with Gasteiger partial charge in [-0.05, 0) is 73.4 Å². The van der Waals surface area contributed by atoms with Crippen LogP contribution in [-0.4, -0.2) is 0 Å². The van der Waals surface area contributed by atoms with Crippen molar-refractivity contribution in [3.63, 3.8) is 0 Å². The minimum atomic E-state index is 0.562. The van der Waals surface area contributed by atoms with Crippen molar-refractivity contribution in [1.82, 2.24) is 0 Å². The Morgan fingerprint density at radius 3 is 2.26 bits per heavy atom. The molecule has 2 aromatic rings. The highest BCUT2D eigenvalue weighted by molar-refractivity contribution is 5.61. The zero-order chi connectivity index (χ0) is 16.2. The third-order valence-electron chi connectivity index (χ3n) is 5.04. The van der Waals surface area contributed by atoms with Crippen molar-refractivity contribution in [2.45, 2.75) is 44.9 Å². The van der Waals surface area contributed by atoms with E-state index in [2.05, 4.69) is 19.1 Å². The average Bonchev–Trinajstić information content (AvgIpc) is 2.58. The number of nitrogens with two attached hydrogens (primary N) is 2. The Morgan fingerprint density at radius 2 is 1.65 bits per heavy atom. The number of benzene rings is 2. The minimum absolute atomic E-state index is 0.562. The first-order chi connectivity index (χ1) is 11.2. The topological polar surface area (TPSA) is 61.3 Å². The van der Waals surface area contributed by atoms with E-state index in [0.717, 1.165) is 11.7 Å². The molecule has 3 nitrogen and oxygen atoms in total. The Hall–Kier alpha value is -2.16. The van der Waals surface area contributed by atoms with Gasteiger partial charge in [0.2, 0.25) is 0 Å². The third-order valence-corrected chi connectivity index (χ3v) is 5.04. The fourth-order valence-electron chi connectivity index (χ4n) is 3.50. The van der Waals surface area contributed by atoms with Crippen LogP contribution in [0.5, 0.6) is 11.5 Å². The lowest BCUT2D eigenvalue weighted by Crippen LogP contribution is -2.12. The third kappa shape index (κ3) is 3.79. The Balaban J connectivity index is 1.65. The lowest BCUT2D eigenvalue weighted by Gasteiger charge is -2.28. The lowest BCUT2D eigenvalue weighted by atomic mass is 9.78. The SMILES string of the molecule is CCC1CCC(c2ccc(Oc3ccc(N)cc3N)cc2)CC1. The second-order valence-corrected chi connectivity index (χ2v) is 6.59. The minimum Gasteiger partial charge on any atom is -0.455 e. The summed E-state index contributed by atoms with van der Waals surface area (Å²) in [5, 5.41) is 0. The summed E-state index contributed by atoms with van der Waals surface area (Å²) in [6.45, 7) is 2.31. The number of rotatable bonds is 4. The van der Waals surface area contributed by atoms with E-state index >= 15 is 0 Å². The molecule has 0 amide bonds. The molecule has 1 fully saturated rings. The first-order valence-electron chi connectivity index (χ1n) is 8.58. The van der Waals surface area contributed by atoms with Crippen molar-refractivity contribution >= 4 is 11.4 Å². The smallest absolute Gasteiger partial charge is 0.150 e. The van der Waals surface area contributed by atoms with Crippen LogP contribution >= 0.6 is 0 Å². The van der Waals surface area contributed by atoms with Gasteiger partial charge in [-0.2, -0.15) is 0 Å². The second-order valence-electron chi connectivity index (χ2n) is 6.59. The number of ether oxygens (including phenoxy) is 1. The maximum Gasteiger partial charge on any atom is 0.150 e. The zero-order valence-corrected chi connectivity index (χ0v) is 13.8. The molecular formula is C20H26N2O. The van der Waals surface area contributed by atoms with E-state index in [1.807, 2.05) is 18.2 Å². The standard InChI is InChI=1S/C20H26N2O/c1-2-14-3-5-15(6-4-14)16-7-10-18(11-8-16)23-20-12-9-17(21)13-19(20)22/h7-15H,2-6,21-22H2,1H3. The molecule has 3 rings (SSSR count). The molecule has 0 radical (unpaired) electrons. The van der Waals surface area contributed by atoms with E-state index in [9.17, 15) is 0 Å². The van der Waals surface area contributed by atoms with Gasteiger partial charge in [-0.3, -0.25) is 0 Å². The van der Waals surface area contributed by atoms with Gasteiger partial charge in [0.25, 0.3) is 0 Å². The predicted octanol–water partition coefficient (Wildman–Crippen LogP) is 5.33. The summed E-state index contributed by atoms with van der Waals surface area (Å²) in [6.07, 6.45) is 6.67. The van der Waals surface area contributed by atoms with Crippen molar-refractivity contribution in [2.75, 3.05) is 11.5 Å². The van der Waals surface area contributed by atoms with Crippen molar-refractivity contribution < 1.29 is 4.74 Å². The van der Waals surface area contributed by atoms with Crippen molar-refractivity contribution in [1.29, 1.82) is 0 Å². The fraction of sp³-hybridized carbons (Fsp3) is 0.400. The molecule has 1 aliphatic rings. The summed E-state index contributed by atoms with van der Waals surface area (Å²) in [4.78, 5) is 0. The molecular weight excluding hydrogens is 284 g/mol. The van der Waals surface area contributed by atoms with Crippen LogP contribution in [-0.2, 0) is 0 Å². The van der Waals surface area contributed by atoms with Crippen LogP contribution in [0.25, 0.3) is 0 Å². The van der Waals surface area contributed by atoms with E-state index < -0.39 is 0 Å². The van der Waals surface area contributed by atoms with Crippen LogP contribution in [0.15, 0.2) is 42.5 Å². The van der Waals surface area contributed by atoms with Gasteiger partial charge in [0, 0.05) is 5.69 Å². The van der Waals surface area contributed by atoms with E-state index in [1.54, 1.807) is 12.1 Å². The van der Waals surface area contributed by atoms with Gasteiger partial charge < -0.3 is 16.2 Å². The molecule has 0 aromatic heterocycles. The molecule has 1 saturated carbocycles. The number of hydrogen-bond donors (Lipinski definition) is 2. The monoisotopic (exact) mass is 310 g/mol. The zero-order valence-electron chi connectivity index (χ0n) is 13.8. The molecule has 122 valence electrons. The van der Waals surface area contributed by atoms with Gasteiger partial charge in [0.1, 0.15) is 11.5 Å². The molecule has 0 aliphatic heterocycles. The summed E-state index contributed by atoms with van der Waals surface area (Å²) in [7, 11) is 0. The predicted molar refractivity (Wildman–Crippen MR) is 96.8 cm³/mol. The number of hydrogen-bond acceptors (Lipinski definition) is 3. The first kappa shape index (κ1) is 15.7. The van der Waals surface area contributed by atoms with E-state index in [0.29, 0.717) is 23.0 Å². The molecule has 0 unspecified atom stereocenters. The summed E-state index contributed by atoms with van der Waals surface area (Å²) >= 11 is 0. The quantitative estimate of drug-likeness (QED) is 0.750. The van der Waals surface area contributed by atoms with Gasteiger partial charge >= 0.3 is 0 Å². The molecule has 23 heavy (non-hydrogen) atoms.